The highest BCUT2D eigenvalue weighted by molar-refractivity contribution is 5.05. The third kappa shape index (κ3) is 2.45. The lowest BCUT2D eigenvalue weighted by atomic mass is 10.0. The minimum Gasteiger partial charge on any atom is -0.474 e. The molecule has 0 amide bonds. The first-order valence-electron chi connectivity index (χ1n) is 5.40. The van der Waals surface area contributed by atoms with Crippen LogP contribution in [0.25, 0.3) is 0 Å². The first-order chi connectivity index (χ1) is 7.29. The van der Waals surface area contributed by atoms with E-state index in [0.717, 1.165) is 12.8 Å². The van der Waals surface area contributed by atoms with Crippen LogP contribution < -0.4 is 4.74 Å². The fraction of sp³-hybridized carbons (Fsp3) is 0.636. The van der Waals surface area contributed by atoms with Crippen molar-refractivity contribution in [3.8, 4) is 5.88 Å². The Morgan fingerprint density at radius 3 is 3.00 bits per heavy atom. The summed E-state index contributed by atoms with van der Waals surface area (Å²) in [5.74, 6) is 0.968. The summed E-state index contributed by atoms with van der Waals surface area (Å²) >= 11 is 0. The van der Waals surface area contributed by atoms with Crippen LogP contribution in [0.4, 0.5) is 0 Å². The van der Waals surface area contributed by atoms with Gasteiger partial charge in [0, 0.05) is 18.7 Å². The molecule has 4 heteroatoms. The summed E-state index contributed by atoms with van der Waals surface area (Å²) < 4.78 is 5.67. The van der Waals surface area contributed by atoms with Gasteiger partial charge in [0.25, 0.3) is 0 Å². The van der Waals surface area contributed by atoms with Crippen LogP contribution in [-0.4, -0.2) is 27.3 Å². The van der Waals surface area contributed by atoms with Gasteiger partial charge < -0.3 is 9.84 Å². The number of ether oxygens (including phenoxy) is 1. The first-order valence-corrected chi connectivity index (χ1v) is 5.40. The van der Waals surface area contributed by atoms with Gasteiger partial charge in [-0.1, -0.05) is 13.3 Å². The van der Waals surface area contributed by atoms with Crippen LogP contribution in [0.3, 0.4) is 0 Å². The molecule has 1 saturated carbocycles. The topological polar surface area (TPSA) is 55.2 Å². The van der Waals surface area contributed by atoms with Crippen molar-refractivity contribution in [2.45, 2.75) is 38.4 Å². The van der Waals surface area contributed by atoms with E-state index in [-0.39, 0.29) is 12.2 Å². The second-order valence-corrected chi connectivity index (χ2v) is 3.99. The molecule has 1 aromatic rings. The molecule has 0 spiro atoms. The Morgan fingerprint density at radius 2 is 2.40 bits per heavy atom. The maximum absolute atomic E-state index is 9.72. The standard InChI is InChI=1S/C11H16N2O2/c1-2-8-5-9(6-10(8)14)15-11-3-4-12-7-13-11/h3-4,7-10,14H,2,5-6H2,1H3/t8-,9+,10-/m0/s1. The minimum atomic E-state index is -0.221. The third-order valence-corrected chi connectivity index (χ3v) is 2.98. The van der Waals surface area contributed by atoms with Crippen molar-refractivity contribution in [2.24, 2.45) is 5.92 Å². The fourth-order valence-corrected chi connectivity index (χ4v) is 2.11. The Kier molecular flexibility index (Phi) is 3.16. The van der Waals surface area contributed by atoms with E-state index in [2.05, 4.69) is 16.9 Å². The fourth-order valence-electron chi connectivity index (χ4n) is 2.11. The van der Waals surface area contributed by atoms with E-state index in [0.29, 0.717) is 18.2 Å². The SMILES string of the molecule is CC[C@H]1C[C@@H](Oc2ccncn2)C[C@@H]1O. The summed E-state index contributed by atoms with van der Waals surface area (Å²) in [6.45, 7) is 2.10. The van der Waals surface area contributed by atoms with Crippen LogP contribution in [0, 0.1) is 5.92 Å². The Morgan fingerprint density at radius 1 is 1.53 bits per heavy atom. The number of aromatic nitrogens is 2. The van der Waals surface area contributed by atoms with Gasteiger partial charge in [-0.2, -0.15) is 0 Å². The molecule has 1 fully saturated rings. The average Bonchev–Trinajstić information content (AvgIpc) is 2.60. The van der Waals surface area contributed by atoms with E-state index in [4.69, 9.17) is 4.74 Å². The van der Waals surface area contributed by atoms with Gasteiger partial charge in [-0.3, -0.25) is 0 Å². The molecule has 0 bridgehead atoms. The van der Waals surface area contributed by atoms with Crippen molar-refractivity contribution in [1.29, 1.82) is 0 Å². The summed E-state index contributed by atoms with van der Waals surface area (Å²) in [7, 11) is 0. The van der Waals surface area contributed by atoms with Crippen LogP contribution in [-0.2, 0) is 0 Å². The third-order valence-electron chi connectivity index (χ3n) is 2.98. The summed E-state index contributed by atoms with van der Waals surface area (Å²) in [6, 6.07) is 1.74. The van der Waals surface area contributed by atoms with Crippen LogP contribution in [0.5, 0.6) is 5.88 Å². The van der Waals surface area contributed by atoms with E-state index in [1.54, 1.807) is 12.3 Å². The van der Waals surface area contributed by atoms with Crippen molar-refractivity contribution in [2.75, 3.05) is 0 Å². The predicted molar refractivity (Wildman–Crippen MR) is 55.5 cm³/mol. The zero-order valence-corrected chi connectivity index (χ0v) is 8.84. The molecule has 0 aliphatic heterocycles. The van der Waals surface area contributed by atoms with Gasteiger partial charge >= 0.3 is 0 Å². The molecule has 82 valence electrons. The van der Waals surface area contributed by atoms with E-state index in [1.165, 1.54) is 6.33 Å². The molecule has 1 heterocycles. The first kappa shape index (κ1) is 10.4. The molecule has 3 atom stereocenters. The highest BCUT2D eigenvalue weighted by atomic mass is 16.5. The van der Waals surface area contributed by atoms with E-state index in [1.807, 2.05) is 0 Å². The van der Waals surface area contributed by atoms with E-state index in [9.17, 15) is 5.11 Å². The van der Waals surface area contributed by atoms with Gasteiger partial charge in [0.1, 0.15) is 12.4 Å². The van der Waals surface area contributed by atoms with Gasteiger partial charge in [-0.05, 0) is 12.3 Å². The molecule has 4 nitrogen and oxygen atoms in total. The minimum absolute atomic E-state index is 0.0971. The summed E-state index contributed by atoms with van der Waals surface area (Å²) in [5, 5.41) is 9.72. The molecule has 0 radical (unpaired) electrons. The van der Waals surface area contributed by atoms with E-state index < -0.39 is 0 Å². The molecule has 1 aliphatic carbocycles. The highest BCUT2D eigenvalue weighted by Gasteiger charge is 2.33. The van der Waals surface area contributed by atoms with E-state index >= 15 is 0 Å². The Bertz CT molecular complexity index is 305. The van der Waals surface area contributed by atoms with Gasteiger partial charge in [-0.15, -0.1) is 0 Å². The molecule has 1 aromatic heterocycles. The Labute approximate surface area is 89.3 Å². The number of rotatable bonds is 3. The highest BCUT2D eigenvalue weighted by Crippen LogP contribution is 2.30. The van der Waals surface area contributed by atoms with Crippen molar-refractivity contribution in [1.82, 2.24) is 9.97 Å². The molecule has 0 unspecified atom stereocenters. The lowest BCUT2D eigenvalue weighted by molar-refractivity contribution is 0.122. The van der Waals surface area contributed by atoms with Gasteiger partial charge in [0.15, 0.2) is 0 Å². The number of aliphatic hydroxyl groups is 1. The summed E-state index contributed by atoms with van der Waals surface area (Å²) in [4.78, 5) is 7.83. The van der Waals surface area contributed by atoms with Crippen molar-refractivity contribution >= 4 is 0 Å². The van der Waals surface area contributed by atoms with Crippen LogP contribution in [0.2, 0.25) is 0 Å². The quantitative estimate of drug-likeness (QED) is 0.815. The normalized spacial score (nSPS) is 30.4. The number of aliphatic hydroxyl groups excluding tert-OH is 1. The second kappa shape index (κ2) is 4.57. The number of nitrogens with zero attached hydrogens (tertiary/aromatic N) is 2. The molecule has 0 saturated heterocycles. The van der Waals surface area contributed by atoms with Crippen LogP contribution >= 0.6 is 0 Å². The van der Waals surface area contributed by atoms with Crippen molar-refractivity contribution in [3.63, 3.8) is 0 Å². The number of hydrogen-bond donors (Lipinski definition) is 1. The predicted octanol–water partition coefficient (Wildman–Crippen LogP) is 1.40. The molecule has 2 rings (SSSR count). The number of hydrogen-bond acceptors (Lipinski definition) is 4. The van der Waals surface area contributed by atoms with Crippen LogP contribution in [0.1, 0.15) is 26.2 Å². The molecule has 0 aromatic carbocycles. The second-order valence-electron chi connectivity index (χ2n) is 3.99. The van der Waals surface area contributed by atoms with Crippen molar-refractivity contribution < 1.29 is 9.84 Å². The largest absolute Gasteiger partial charge is 0.474 e. The maximum Gasteiger partial charge on any atom is 0.216 e. The summed E-state index contributed by atoms with van der Waals surface area (Å²) in [5.41, 5.74) is 0. The Hall–Kier alpha value is -1.16. The van der Waals surface area contributed by atoms with Crippen LogP contribution in [0.15, 0.2) is 18.6 Å². The zero-order valence-electron chi connectivity index (χ0n) is 8.84. The monoisotopic (exact) mass is 208 g/mol. The van der Waals surface area contributed by atoms with Crippen molar-refractivity contribution in [3.05, 3.63) is 18.6 Å². The average molecular weight is 208 g/mol. The molecule has 1 N–H and O–H groups in total. The lowest BCUT2D eigenvalue weighted by Crippen LogP contribution is -2.14. The molecular weight excluding hydrogens is 192 g/mol. The smallest absolute Gasteiger partial charge is 0.216 e. The zero-order chi connectivity index (χ0) is 10.7. The molecule has 1 aliphatic rings. The van der Waals surface area contributed by atoms with Gasteiger partial charge in [-0.25, -0.2) is 9.97 Å². The maximum atomic E-state index is 9.72. The van der Waals surface area contributed by atoms with Gasteiger partial charge in [0.2, 0.25) is 5.88 Å². The lowest BCUT2D eigenvalue weighted by Gasteiger charge is -2.11. The van der Waals surface area contributed by atoms with Gasteiger partial charge in [0.05, 0.1) is 6.10 Å². The molecule has 15 heavy (non-hydrogen) atoms. The Balaban J connectivity index is 1.92. The summed E-state index contributed by atoms with van der Waals surface area (Å²) in [6.07, 6.45) is 5.64. The molecular formula is C11H16N2O2.